The first-order chi connectivity index (χ1) is 20.2. The van der Waals surface area contributed by atoms with Crippen molar-refractivity contribution in [3.8, 4) is 0 Å². The Kier molecular flexibility index (Phi) is 17.5. The van der Waals surface area contributed by atoms with E-state index < -0.39 is 60.3 Å². The number of nitrogens with one attached hydrogen (secondary N) is 2. The maximum Gasteiger partial charge on any atom is 0.332 e. The van der Waals surface area contributed by atoms with Gasteiger partial charge in [0.1, 0.15) is 6.10 Å². The number of hydrogen-bond acceptors (Lipinski definition) is 7. The minimum Gasteiger partial charge on any atom is -0.460 e. The molecule has 0 aromatic carbocycles. The molecule has 0 aromatic heterocycles. The van der Waals surface area contributed by atoms with Gasteiger partial charge in [-0.2, -0.15) is 0 Å². The van der Waals surface area contributed by atoms with Crippen molar-refractivity contribution in [1.82, 2.24) is 15.5 Å². The second-order valence-corrected chi connectivity index (χ2v) is 12.3. The van der Waals surface area contributed by atoms with Crippen molar-refractivity contribution in [3.63, 3.8) is 0 Å². The highest BCUT2D eigenvalue weighted by Crippen LogP contribution is 2.25. The number of carbonyl (C=O) groups is 5. The third-order valence-corrected chi connectivity index (χ3v) is 7.81. The van der Waals surface area contributed by atoms with E-state index >= 15 is 0 Å². The molecule has 11 nitrogen and oxygen atoms in total. The van der Waals surface area contributed by atoms with Gasteiger partial charge in [-0.25, -0.2) is 4.79 Å². The van der Waals surface area contributed by atoms with E-state index in [-0.39, 0.29) is 11.6 Å². The van der Waals surface area contributed by atoms with Gasteiger partial charge in [0.2, 0.25) is 23.6 Å². The molecule has 0 saturated carbocycles. The number of primary amides is 1. The van der Waals surface area contributed by atoms with E-state index in [2.05, 4.69) is 31.1 Å². The molecule has 1 aliphatic rings. The molecule has 0 aliphatic carbocycles. The van der Waals surface area contributed by atoms with Crippen LogP contribution in [0.4, 0.5) is 0 Å². The summed E-state index contributed by atoms with van der Waals surface area (Å²) >= 11 is 0. The molecular formula is C32H54N4O7. The molecule has 0 bridgehead atoms. The van der Waals surface area contributed by atoms with Crippen LogP contribution in [0.2, 0.25) is 0 Å². The molecule has 5 N–H and O–H groups in total. The molecule has 0 fully saturated rings. The highest BCUT2D eigenvalue weighted by Gasteiger charge is 2.39. The fourth-order valence-electron chi connectivity index (χ4n) is 5.04. The van der Waals surface area contributed by atoms with Crippen molar-refractivity contribution in [3.05, 3.63) is 24.4 Å². The number of amides is 4. The van der Waals surface area contributed by atoms with Crippen molar-refractivity contribution >= 4 is 29.6 Å². The fraction of sp³-hybridized carbons (Fsp3) is 0.719. The Morgan fingerprint density at radius 3 is 2.07 bits per heavy atom. The number of rotatable bonds is 15. The second-order valence-electron chi connectivity index (χ2n) is 12.3. The molecule has 0 aromatic rings. The number of ether oxygens (including phenoxy) is 1. The molecule has 5 atom stereocenters. The number of aliphatic hydroxyl groups is 1. The topological polar surface area (TPSA) is 168 Å². The molecule has 244 valence electrons. The number of nitrogens with two attached hydrogens (primary N) is 1. The van der Waals surface area contributed by atoms with Gasteiger partial charge in [-0.3, -0.25) is 19.2 Å². The standard InChI is InChI=1S/C32H54N4O7/c1-21(2)16-14-12-10-8-7-9-11-13-15-17-22(3)29-24(5)31(41)34-23(4)18-19-26(38)36(6)20-25(37)35-27(32(42)43-29)28(39)30(33)40/h18-19,21-22,24,27-29,39H,4,7-17,20H2,1-3,5-6H3,(H2,33,40)(H,34,41)(H,35,37)/b19-18-/t22-,24+,27+,28+,29+/m0/s1. The zero-order chi connectivity index (χ0) is 32.5. The summed E-state index contributed by atoms with van der Waals surface area (Å²) in [5, 5.41) is 15.2. The molecule has 1 aliphatic heterocycles. The van der Waals surface area contributed by atoms with Gasteiger partial charge in [0.05, 0.1) is 12.5 Å². The zero-order valence-corrected chi connectivity index (χ0v) is 26.7. The van der Waals surface area contributed by atoms with Crippen molar-refractivity contribution < 1.29 is 33.8 Å². The number of nitrogens with zero attached hydrogens (tertiary/aromatic N) is 1. The predicted octanol–water partition coefficient (Wildman–Crippen LogP) is 3.11. The molecule has 0 unspecified atom stereocenters. The van der Waals surface area contributed by atoms with Crippen LogP contribution in [0.5, 0.6) is 0 Å². The summed E-state index contributed by atoms with van der Waals surface area (Å²) in [7, 11) is 1.35. The largest absolute Gasteiger partial charge is 0.460 e. The molecular weight excluding hydrogens is 552 g/mol. The van der Waals surface area contributed by atoms with Crippen LogP contribution in [-0.2, 0) is 28.7 Å². The summed E-state index contributed by atoms with van der Waals surface area (Å²) in [6.07, 6.45) is 11.9. The van der Waals surface area contributed by atoms with Gasteiger partial charge >= 0.3 is 5.97 Å². The Labute approximate surface area is 257 Å². The summed E-state index contributed by atoms with van der Waals surface area (Å²) < 4.78 is 5.73. The summed E-state index contributed by atoms with van der Waals surface area (Å²) in [6.45, 7) is 11.3. The molecule has 1 rings (SSSR count). The van der Waals surface area contributed by atoms with Crippen LogP contribution >= 0.6 is 0 Å². The van der Waals surface area contributed by atoms with Gasteiger partial charge in [0.25, 0.3) is 0 Å². The van der Waals surface area contributed by atoms with Crippen molar-refractivity contribution in [2.24, 2.45) is 23.5 Å². The minimum atomic E-state index is -2.08. The normalized spacial score (nSPS) is 23.1. The zero-order valence-electron chi connectivity index (χ0n) is 26.7. The van der Waals surface area contributed by atoms with Crippen LogP contribution in [0.15, 0.2) is 24.4 Å². The van der Waals surface area contributed by atoms with Gasteiger partial charge in [-0.1, -0.05) is 98.5 Å². The minimum absolute atomic E-state index is 0.151. The molecule has 11 heteroatoms. The third kappa shape index (κ3) is 14.7. The lowest BCUT2D eigenvalue weighted by atomic mass is 9.88. The van der Waals surface area contributed by atoms with E-state index in [0.717, 1.165) is 42.6 Å². The van der Waals surface area contributed by atoms with Gasteiger partial charge in [-0.15, -0.1) is 0 Å². The van der Waals surface area contributed by atoms with Crippen LogP contribution < -0.4 is 16.4 Å². The number of cyclic esters (lactones) is 1. The highest BCUT2D eigenvalue weighted by molar-refractivity contribution is 5.95. The number of hydrogen-bond donors (Lipinski definition) is 4. The van der Waals surface area contributed by atoms with Crippen molar-refractivity contribution in [1.29, 1.82) is 0 Å². The number of aliphatic hydroxyl groups excluding tert-OH is 1. The Balaban J connectivity index is 2.91. The molecule has 0 spiro atoms. The van der Waals surface area contributed by atoms with E-state index in [1.807, 2.05) is 6.92 Å². The SMILES string of the molecule is C=C1/C=C\C(=O)N(C)CC(=O)N[C@H]([C@@H](O)C(N)=O)C(=O)O[C@H]([C@@H](C)CCCCCCCCCCCC(C)C)[C@@H](C)C(=O)N1. The van der Waals surface area contributed by atoms with Gasteiger partial charge in [-0.05, 0) is 24.3 Å². The number of likely N-dealkylation sites (N-methyl/N-ethyl adjacent to an activating group) is 1. The average molecular weight is 607 g/mol. The molecule has 43 heavy (non-hydrogen) atoms. The fourth-order valence-corrected chi connectivity index (χ4v) is 5.04. The summed E-state index contributed by atoms with van der Waals surface area (Å²) in [6, 6.07) is -1.82. The van der Waals surface area contributed by atoms with E-state index in [1.165, 1.54) is 51.6 Å². The van der Waals surface area contributed by atoms with E-state index in [1.54, 1.807) is 6.92 Å². The average Bonchev–Trinajstić information content (AvgIpc) is 2.94. The number of esters is 1. The maximum absolute atomic E-state index is 13.2. The van der Waals surface area contributed by atoms with E-state index in [9.17, 15) is 29.1 Å². The van der Waals surface area contributed by atoms with Crippen molar-refractivity contribution in [2.45, 2.75) is 117 Å². The lowest BCUT2D eigenvalue weighted by Crippen LogP contribution is -2.57. The number of unbranched alkanes of at least 4 members (excludes halogenated alkanes) is 8. The number of allylic oxidation sites excluding steroid dienone is 1. The van der Waals surface area contributed by atoms with Crippen molar-refractivity contribution in [2.75, 3.05) is 13.6 Å². The van der Waals surface area contributed by atoms with Crippen LogP contribution in [0.1, 0.15) is 98.3 Å². The maximum atomic E-state index is 13.2. The monoisotopic (exact) mass is 606 g/mol. The Morgan fingerprint density at radius 1 is 1.00 bits per heavy atom. The van der Waals surface area contributed by atoms with Crippen LogP contribution in [0.25, 0.3) is 0 Å². The Morgan fingerprint density at radius 2 is 1.53 bits per heavy atom. The summed E-state index contributed by atoms with van der Waals surface area (Å²) in [5.41, 5.74) is 5.38. The summed E-state index contributed by atoms with van der Waals surface area (Å²) in [4.78, 5) is 64.1. The van der Waals surface area contributed by atoms with Gasteiger partial charge in [0.15, 0.2) is 12.1 Å². The quantitative estimate of drug-likeness (QED) is 0.164. The molecule has 0 radical (unpaired) electrons. The van der Waals surface area contributed by atoms with E-state index in [4.69, 9.17) is 10.5 Å². The molecule has 0 saturated heterocycles. The lowest BCUT2D eigenvalue weighted by Gasteiger charge is -2.31. The Hall–Kier alpha value is -3.21. The number of carbonyl (C=O) groups excluding carboxylic acids is 5. The van der Waals surface area contributed by atoms with Gasteiger partial charge in [0, 0.05) is 18.8 Å². The Bertz CT molecular complexity index is 981. The van der Waals surface area contributed by atoms with Crippen LogP contribution in [0, 0.1) is 17.8 Å². The highest BCUT2D eigenvalue weighted by atomic mass is 16.5. The van der Waals surface area contributed by atoms with Crippen LogP contribution in [-0.4, -0.2) is 71.4 Å². The first-order valence-corrected chi connectivity index (χ1v) is 15.6. The second kappa shape index (κ2) is 19.9. The first kappa shape index (κ1) is 37.8. The lowest BCUT2D eigenvalue weighted by molar-refractivity contribution is -0.165. The molecule has 1 heterocycles. The molecule has 4 amide bonds. The first-order valence-electron chi connectivity index (χ1n) is 15.6. The third-order valence-electron chi connectivity index (χ3n) is 7.81. The predicted molar refractivity (Wildman–Crippen MR) is 165 cm³/mol. The van der Waals surface area contributed by atoms with Gasteiger partial charge < -0.3 is 31.1 Å². The van der Waals surface area contributed by atoms with E-state index in [0.29, 0.717) is 6.42 Å². The smallest absolute Gasteiger partial charge is 0.332 e. The summed E-state index contributed by atoms with van der Waals surface area (Å²) in [5.74, 6) is -4.58. The van der Waals surface area contributed by atoms with Crippen LogP contribution in [0.3, 0.4) is 0 Å².